The minimum absolute atomic E-state index is 0.133. The lowest BCUT2D eigenvalue weighted by molar-refractivity contribution is 0.370. The van der Waals surface area contributed by atoms with Crippen molar-refractivity contribution < 1.29 is 9.13 Å². The summed E-state index contributed by atoms with van der Waals surface area (Å²) < 4.78 is 22.0. The fraction of sp³-hybridized carbons (Fsp3) is 0.133. The van der Waals surface area contributed by atoms with Gasteiger partial charge in [0.15, 0.2) is 4.80 Å². The Balaban J connectivity index is 1.53. The Bertz CT molecular complexity index is 1740. The number of terminal acetylenes is 1. The van der Waals surface area contributed by atoms with E-state index in [9.17, 15) is 9.18 Å². The van der Waals surface area contributed by atoms with Crippen LogP contribution in [0.25, 0.3) is 11.8 Å². The molecule has 0 fully saturated rings. The van der Waals surface area contributed by atoms with E-state index < -0.39 is 6.04 Å². The van der Waals surface area contributed by atoms with Gasteiger partial charge in [-0.1, -0.05) is 65.8 Å². The van der Waals surface area contributed by atoms with Crippen LogP contribution in [0, 0.1) is 18.2 Å². The molecule has 1 aliphatic heterocycles. The van der Waals surface area contributed by atoms with E-state index in [2.05, 4.69) is 18.1 Å². The van der Waals surface area contributed by atoms with Crippen LogP contribution in [0.5, 0.6) is 5.75 Å². The first kappa shape index (κ1) is 22.3. The summed E-state index contributed by atoms with van der Waals surface area (Å²) in [5, 5.41) is 0. The van der Waals surface area contributed by atoms with Crippen molar-refractivity contribution in [1.82, 2.24) is 4.57 Å². The predicted octanol–water partition coefficient (Wildman–Crippen LogP) is 4.47. The van der Waals surface area contributed by atoms with Crippen LogP contribution in [0.1, 0.15) is 34.7 Å². The molecule has 1 aromatic heterocycles. The Morgan fingerprint density at radius 3 is 2.75 bits per heavy atom. The zero-order valence-electron chi connectivity index (χ0n) is 19.3. The predicted molar refractivity (Wildman–Crippen MR) is 140 cm³/mol. The summed E-state index contributed by atoms with van der Waals surface area (Å²) in [6, 6.07) is 21.8. The van der Waals surface area contributed by atoms with E-state index in [1.807, 2.05) is 48.5 Å². The molecular formula is C30H21FN2O2S. The second-order valence-electron chi connectivity index (χ2n) is 8.73. The number of hydrogen-bond donors (Lipinski definition) is 0. The standard InChI is InChI=1S/C30H21FN2O2S/c1-2-16-35-23-13-10-19(11-14-23)17-26-29(34)33-28(21-7-5-8-22(31)18-21)25-15-12-20-6-3-4-9-24(20)27(25)32-30(33)36-26/h1,3-11,13-14,17-18,28H,12,15-16H2. The van der Waals surface area contributed by atoms with Gasteiger partial charge in [0, 0.05) is 5.56 Å². The van der Waals surface area contributed by atoms with Gasteiger partial charge in [0.25, 0.3) is 5.56 Å². The minimum atomic E-state index is -0.401. The molecule has 1 atom stereocenters. The molecule has 0 spiro atoms. The van der Waals surface area contributed by atoms with Crippen molar-refractivity contribution >= 4 is 23.1 Å². The van der Waals surface area contributed by atoms with Crippen molar-refractivity contribution in [2.24, 2.45) is 4.99 Å². The molecule has 0 radical (unpaired) electrons. The topological polar surface area (TPSA) is 43.6 Å². The van der Waals surface area contributed by atoms with Crippen LogP contribution in [0.3, 0.4) is 0 Å². The highest BCUT2D eigenvalue weighted by atomic mass is 32.1. The molecule has 1 aliphatic carbocycles. The monoisotopic (exact) mass is 492 g/mol. The summed E-state index contributed by atoms with van der Waals surface area (Å²) in [7, 11) is 0. The highest BCUT2D eigenvalue weighted by Crippen LogP contribution is 2.41. The van der Waals surface area contributed by atoms with Crippen LogP contribution >= 0.6 is 11.3 Å². The third-order valence-electron chi connectivity index (χ3n) is 6.54. The van der Waals surface area contributed by atoms with Gasteiger partial charge in [-0.05, 0) is 65.4 Å². The fourth-order valence-electron chi connectivity index (χ4n) is 4.94. The summed E-state index contributed by atoms with van der Waals surface area (Å²) in [6.45, 7) is 0.200. The first-order valence-electron chi connectivity index (χ1n) is 11.7. The lowest BCUT2D eigenvalue weighted by Gasteiger charge is -2.30. The molecule has 4 nitrogen and oxygen atoms in total. The number of aromatic nitrogens is 1. The molecule has 0 N–H and O–H groups in total. The van der Waals surface area contributed by atoms with Crippen LogP contribution in [0.2, 0.25) is 0 Å². The molecular weight excluding hydrogens is 471 g/mol. The van der Waals surface area contributed by atoms with Crippen molar-refractivity contribution in [2.45, 2.75) is 18.9 Å². The van der Waals surface area contributed by atoms with Crippen molar-refractivity contribution in [2.75, 3.05) is 6.61 Å². The average molecular weight is 493 g/mol. The molecule has 0 amide bonds. The van der Waals surface area contributed by atoms with E-state index in [-0.39, 0.29) is 18.0 Å². The summed E-state index contributed by atoms with van der Waals surface area (Å²) in [5.41, 5.74) is 5.75. The number of thiazole rings is 1. The molecule has 4 aromatic rings. The second kappa shape index (κ2) is 9.10. The molecule has 0 saturated heterocycles. The third-order valence-corrected chi connectivity index (χ3v) is 7.52. The van der Waals surface area contributed by atoms with Crippen molar-refractivity contribution in [3.63, 3.8) is 0 Å². The summed E-state index contributed by atoms with van der Waals surface area (Å²) in [4.78, 5) is 19.3. The van der Waals surface area contributed by atoms with Gasteiger partial charge in [0.05, 0.1) is 16.3 Å². The Morgan fingerprint density at radius 1 is 1.11 bits per heavy atom. The number of aryl methyl sites for hydroxylation is 1. The molecule has 6 heteroatoms. The fourth-order valence-corrected chi connectivity index (χ4v) is 5.94. The molecule has 6 rings (SSSR count). The molecule has 1 unspecified atom stereocenters. The van der Waals surface area contributed by atoms with Crippen LogP contribution in [-0.4, -0.2) is 11.2 Å². The first-order chi connectivity index (χ1) is 17.6. The zero-order valence-corrected chi connectivity index (χ0v) is 20.1. The molecule has 2 aliphatic rings. The maximum atomic E-state index is 14.3. The van der Waals surface area contributed by atoms with Gasteiger partial charge in [-0.15, -0.1) is 6.42 Å². The highest BCUT2D eigenvalue weighted by molar-refractivity contribution is 7.07. The van der Waals surface area contributed by atoms with Gasteiger partial charge in [-0.2, -0.15) is 0 Å². The van der Waals surface area contributed by atoms with Gasteiger partial charge in [-0.3, -0.25) is 9.36 Å². The minimum Gasteiger partial charge on any atom is -0.481 e. The Labute approximate surface area is 211 Å². The summed E-state index contributed by atoms with van der Waals surface area (Å²) in [5.74, 6) is 2.79. The third kappa shape index (κ3) is 3.88. The van der Waals surface area contributed by atoms with Gasteiger partial charge < -0.3 is 4.74 Å². The SMILES string of the molecule is C#CCOc1ccc(C=c2sc3n(c2=O)C(c2cccc(F)c2)C2=C(N=3)c3ccccc3CC2)cc1. The van der Waals surface area contributed by atoms with Gasteiger partial charge in [0.1, 0.15) is 18.2 Å². The zero-order chi connectivity index (χ0) is 24.6. The van der Waals surface area contributed by atoms with E-state index in [1.54, 1.807) is 10.6 Å². The number of ether oxygens (including phenoxy) is 1. The quantitative estimate of drug-likeness (QED) is 0.395. The maximum Gasteiger partial charge on any atom is 0.271 e. The van der Waals surface area contributed by atoms with E-state index in [0.717, 1.165) is 40.8 Å². The normalized spacial score (nSPS) is 16.4. The molecule has 2 heterocycles. The summed E-state index contributed by atoms with van der Waals surface area (Å²) >= 11 is 1.35. The van der Waals surface area contributed by atoms with E-state index in [4.69, 9.17) is 16.2 Å². The number of rotatable bonds is 4. The van der Waals surface area contributed by atoms with E-state index in [1.165, 1.54) is 29.0 Å². The van der Waals surface area contributed by atoms with Gasteiger partial charge in [0.2, 0.25) is 0 Å². The lowest BCUT2D eigenvalue weighted by Crippen LogP contribution is -2.38. The number of fused-ring (bicyclic) bond motifs is 3. The summed E-state index contributed by atoms with van der Waals surface area (Å²) in [6.07, 6.45) is 8.73. The Morgan fingerprint density at radius 2 is 1.94 bits per heavy atom. The highest BCUT2D eigenvalue weighted by Gasteiger charge is 2.32. The smallest absolute Gasteiger partial charge is 0.271 e. The molecule has 36 heavy (non-hydrogen) atoms. The molecule has 0 saturated carbocycles. The molecule has 3 aromatic carbocycles. The van der Waals surface area contributed by atoms with E-state index in [0.29, 0.717) is 15.1 Å². The number of halogens is 1. The van der Waals surface area contributed by atoms with Crippen LogP contribution in [-0.2, 0) is 6.42 Å². The average Bonchev–Trinajstić information content (AvgIpc) is 3.21. The van der Waals surface area contributed by atoms with E-state index >= 15 is 0 Å². The first-order valence-corrected chi connectivity index (χ1v) is 12.5. The Kier molecular flexibility index (Phi) is 5.63. The maximum absolute atomic E-state index is 14.3. The second-order valence-corrected chi connectivity index (χ2v) is 9.74. The molecule has 176 valence electrons. The van der Waals surface area contributed by atoms with Crippen molar-refractivity contribution in [3.05, 3.63) is 126 Å². The Hall–Kier alpha value is -4.21. The van der Waals surface area contributed by atoms with Crippen LogP contribution < -0.4 is 19.6 Å². The number of hydrogen-bond acceptors (Lipinski definition) is 4. The van der Waals surface area contributed by atoms with Crippen LogP contribution in [0.15, 0.2) is 88.2 Å². The van der Waals surface area contributed by atoms with Crippen molar-refractivity contribution in [3.8, 4) is 18.1 Å². The van der Waals surface area contributed by atoms with Gasteiger partial charge in [-0.25, -0.2) is 9.38 Å². The van der Waals surface area contributed by atoms with Crippen molar-refractivity contribution in [1.29, 1.82) is 0 Å². The number of allylic oxidation sites excluding steroid dienone is 1. The lowest BCUT2D eigenvalue weighted by atomic mass is 9.83. The van der Waals surface area contributed by atoms with Crippen LogP contribution in [0.4, 0.5) is 4.39 Å². The number of benzene rings is 3. The van der Waals surface area contributed by atoms with Gasteiger partial charge >= 0.3 is 0 Å². The number of nitrogens with zero attached hydrogens (tertiary/aromatic N) is 2. The largest absolute Gasteiger partial charge is 0.481 e. The molecule has 0 bridgehead atoms.